The fourth-order valence-corrected chi connectivity index (χ4v) is 2.79. The van der Waals surface area contributed by atoms with Gasteiger partial charge >= 0.3 is 0 Å². The summed E-state index contributed by atoms with van der Waals surface area (Å²) >= 11 is 17.7. The van der Waals surface area contributed by atoms with Gasteiger partial charge in [0.15, 0.2) is 5.11 Å². The molecule has 0 amide bonds. The maximum Gasteiger partial charge on any atom is 0.171 e. The van der Waals surface area contributed by atoms with Gasteiger partial charge in [0.2, 0.25) is 0 Å². The van der Waals surface area contributed by atoms with Crippen molar-refractivity contribution in [1.82, 2.24) is 5.32 Å². The van der Waals surface area contributed by atoms with Gasteiger partial charge in [-0.3, -0.25) is 0 Å². The number of anilines is 1. The Labute approximate surface area is 140 Å². The molecule has 2 aromatic carbocycles. The predicted octanol–water partition coefficient (Wildman–Crippen LogP) is 5.10. The van der Waals surface area contributed by atoms with Gasteiger partial charge in [-0.2, -0.15) is 0 Å². The molecule has 0 bridgehead atoms. The van der Waals surface area contributed by atoms with Crippen LogP contribution >= 0.6 is 35.4 Å². The Morgan fingerprint density at radius 2 is 1.81 bits per heavy atom. The largest absolute Gasteiger partial charge is 0.358 e. The first kappa shape index (κ1) is 16.1. The Morgan fingerprint density at radius 1 is 1.10 bits per heavy atom. The highest BCUT2D eigenvalue weighted by atomic mass is 35.5. The van der Waals surface area contributed by atoms with Gasteiger partial charge in [-0.15, -0.1) is 0 Å². The fraction of sp³-hybridized carbons (Fsp3) is 0.188. The molecule has 2 aromatic rings. The Hall–Kier alpha value is -1.29. The Balaban J connectivity index is 2.01. The number of aryl methyl sites for hydroxylation is 2. The smallest absolute Gasteiger partial charge is 0.171 e. The van der Waals surface area contributed by atoms with Gasteiger partial charge in [-0.05, 0) is 54.9 Å². The van der Waals surface area contributed by atoms with E-state index in [1.807, 2.05) is 44.2 Å². The van der Waals surface area contributed by atoms with Crippen LogP contribution in [0.3, 0.4) is 0 Å². The molecule has 21 heavy (non-hydrogen) atoms. The van der Waals surface area contributed by atoms with Gasteiger partial charge in [0.25, 0.3) is 0 Å². The molecule has 0 unspecified atom stereocenters. The van der Waals surface area contributed by atoms with Crippen molar-refractivity contribution >= 4 is 46.2 Å². The average Bonchev–Trinajstić information content (AvgIpc) is 2.42. The van der Waals surface area contributed by atoms with E-state index in [9.17, 15) is 0 Å². The zero-order chi connectivity index (χ0) is 15.4. The molecule has 0 atom stereocenters. The summed E-state index contributed by atoms with van der Waals surface area (Å²) in [6.45, 7) is 4.57. The lowest BCUT2D eigenvalue weighted by Crippen LogP contribution is -2.28. The van der Waals surface area contributed by atoms with E-state index in [-0.39, 0.29) is 0 Å². The average molecular weight is 339 g/mol. The molecule has 2 N–H and O–H groups in total. The second kappa shape index (κ2) is 7.12. The zero-order valence-corrected chi connectivity index (χ0v) is 14.2. The van der Waals surface area contributed by atoms with Crippen molar-refractivity contribution in [1.29, 1.82) is 0 Å². The first-order chi connectivity index (χ1) is 9.97. The molecule has 0 saturated carbocycles. The lowest BCUT2D eigenvalue weighted by molar-refractivity contribution is 0.926. The fourth-order valence-electron chi connectivity index (χ4n) is 2.05. The van der Waals surface area contributed by atoms with Crippen molar-refractivity contribution in [2.45, 2.75) is 20.4 Å². The quantitative estimate of drug-likeness (QED) is 0.761. The second-order valence-corrected chi connectivity index (χ2v) is 6.06. The number of thiocarbonyl (C=S) groups is 1. The molecule has 0 radical (unpaired) electrons. The molecule has 110 valence electrons. The van der Waals surface area contributed by atoms with Crippen LogP contribution in [0.25, 0.3) is 0 Å². The standard InChI is InChI=1S/C16H16Cl2N2S/c1-10-7-11(2)15(14(18)8-10)20-16(21)19-9-12-5-3-4-6-13(12)17/h3-8H,9H2,1-2H3,(H2,19,20,21). The van der Waals surface area contributed by atoms with Gasteiger partial charge in [0, 0.05) is 11.6 Å². The van der Waals surface area contributed by atoms with Crippen LogP contribution < -0.4 is 10.6 Å². The van der Waals surface area contributed by atoms with Crippen molar-refractivity contribution in [2.75, 3.05) is 5.32 Å². The molecule has 0 fully saturated rings. The third kappa shape index (κ3) is 4.34. The van der Waals surface area contributed by atoms with Gasteiger partial charge in [0.05, 0.1) is 10.7 Å². The summed E-state index contributed by atoms with van der Waals surface area (Å²) in [5.74, 6) is 0. The van der Waals surface area contributed by atoms with E-state index in [4.69, 9.17) is 35.4 Å². The lowest BCUT2D eigenvalue weighted by atomic mass is 10.1. The minimum atomic E-state index is 0.517. The summed E-state index contributed by atoms with van der Waals surface area (Å²) in [5.41, 5.74) is 4.01. The minimum Gasteiger partial charge on any atom is -0.358 e. The van der Waals surface area contributed by atoms with Crippen molar-refractivity contribution < 1.29 is 0 Å². The molecule has 5 heteroatoms. The SMILES string of the molecule is Cc1cc(C)c(NC(=S)NCc2ccccc2Cl)c(Cl)c1. The van der Waals surface area contributed by atoms with Crippen LogP contribution in [0, 0.1) is 13.8 Å². The number of hydrogen-bond acceptors (Lipinski definition) is 1. The molecule has 0 saturated heterocycles. The molecule has 2 rings (SSSR count). The molecular formula is C16H16Cl2N2S. The summed E-state index contributed by atoms with van der Waals surface area (Å²) < 4.78 is 0. The van der Waals surface area contributed by atoms with E-state index in [1.165, 1.54) is 0 Å². The van der Waals surface area contributed by atoms with Crippen LogP contribution in [0.2, 0.25) is 10.0 Å². The van der Waals surface area contributed by atoms with Crippen LogP contribution in [0.4, 0.5) is 5.69 Å². The van der Waals surface area contributed by atoms with E-state index in [0.717, 1.165) is 27.4 Å². The van der Waals surface area contributed by atoms with Crippen molar-refractivity contribution in [3.8, 4) is 0 Å². The van der Waals surface area contributed by atoms with E-state index < -0.39 is 0 Å². The van der Waals surface area contributed by atoms with Crippen LogP contribution in [0.1, 0.15) is 16.7 Å². The summed E-state index contributed by atoms with van der Waals surface area (Å²) in [5, 5.41) is 8.17. The topological polar surface area (TPSA) is 24.1 Å². The molecule has 0 spiro atoms. The van der Waals surface area contributed by atoms with E-state index in [2.05, 4.69) is 16.7 Å². The Kier molecular flexibility index (Phi) is 5.45. The van der Waals surface area contributed by atoms with Crippen molar-refractivity contribution in [3.63, 3.8) is 0 Å². The maximum atomic E-state index is 6.25. The number of benzene rings is 2. The molecule has 0 heterocycles. The van der Waals surface area contributed by atoms with E-state index in [0.29, 0.717) is 16.7 Å². The normalized spacial score (nSPS) is 10.3. The number of halogens is 2. The first-order valence-electron chi connectivity index (χ1n) is 6.52. The first-order valence-corrected chi connectivity index (χ1v) is 7.69. The molecule has 0 aliphatic rings. The summed E-state index contributed by atoms with van der Waals surface area (Å²) in [6.07, 6.45) is 0. The lowest BCUT2D eigenvalue weighted by Gasteiger charge is -2.15. The van der Waals surface area contributed by atoms with Crippen molar-refractivity contribution in [3.05, 3.63) is 63.1 Å². The highest BCUT2D eigenvalue weighted by Crippen LogP contribution is 2.27. The van der Waals surface area contributed by atoms with Crippen LogP contribution in [0.15, 0.2) is 36.4 Å². The minimum absolute atomic E-state index is 0.517. The highest BCUT2D eigenvalue weighted by molar-refractivity contribution is 7.80. The molecular weight excluding hydrogens is 323 g/mol. The van der Waals surface area contributed by atoms with E-state index >= 15 is 0 Å². The third-order valence-electron chi connectivity index (χ3n) is 3.07. The van der Waals surface area contributed by atoms with Gasteiger partial charge < -0.3 is 10.6 Å². The Bertz CT molecular complexity index is 648. The van der Waals surface area contributed by atoms with Crippen molar-refractivity contribution in [2.24, 2.45) is 0 Å². The van der Waals surface area contributed by atoms with Crippen LogP contribution in [-0.2, 0) is 6.54 Å². The number of rotatable bonds is 3. The molecule has 0 aliphatic heterocycles. The predicted molar refractivity (Wildman–Crippen MR) is 95.4 cm³/mol. The summed E-state index contributed by atoms with van der Waals surface area (Å²) in [6, 6.07) is 11.6. The summed E-state index contributed by atoms with van der Waals surface area (Å²) in [7, 11) is 0. The molecule has 2 nitrogen and oxygen atoms in total. The van der Waals surface area contributed by atoms with Crippen LogP contribution in [-0.4, -0.2) is 5.11 Å². The Morgan fingerprint density at radius 3 is 2.48 bits per heavy atom. The van der Waals surface area contributed by atoms with Gasteiger partial charge in [-0.1, -0.05) is 47.5 Å². The number of hydrogen-bond donors (Lipinski definition) is 2. The van der Waals surface area contributed by atoms with Gasteiger partial charge in [0.1, 0.15) is 0 Å². The summed E-state index contributed by atoms with van der Waals surface area (Å²) in [4.78, 5) is 0. The highest BCUT2D eigenvalue weighted by Gasteiger charge is 2.07. The number of nitrogens with one attached hydrogen (secondary N) is 2. The molecule has 0 aromatic heterocycles. The second-order valence-electron chi connectivity index (χ2n) is 4.84. The zero-order valence-electron chi connectivity index (χ0n) is 11.8. The van der Waals surface area contributed by atoms with Gasteiger partial charge in [-0.25, -0.2) is 0 Å². The van der Waals surface area contributed by atoms with Crippen LogP contribution in [0.5, 0.6) is 0 Å². The molecule has 0 aliphatic carbocycles. The maximum absolute atomic E-state index is 6.25. The van der Waals surface area contributed by atoms with E-state index in [1.54, 1.807) is 0 Å². The monoisotopic (exact) mass is 338 g/mol. The third-order valence-corrected chi connectivity index (χ3v) is 3.98.